The fraction of sp³-hybridized carbons (Fsp3) is 0.172. The van der Waals surface area contributed by atoms with Crippen LogP contribution in [-0.2, 0) is 13.0 Å². The van der Waals surface area contributed by atoms with Crippen LogP contribution >= 0.6 is 0 Å². The molecule has 0 atom stereocenters. The lowest BCUT2D eigenvalue weighted by molar-refractivity contribution is 0.251. The van der Waals surface area contributed by atoms with Gasteiger partial charge in [0.05, 0.1) is 6.61 Å². The van der Waals surface area contributed by atoms with Crippen LogP contribution in [0, 0.1) is 5.82 Å². The average Bonchev–Trinajstić information content (AvgIpc) is 2.90. The standard InChI is InChI=1S/C29H29FN4O2/c1-34(2)26-7-3-6-23(17-26)28-18-24(30)9-8-22(28)14-16-36-27-12-10-25(11-13-27)33-29(35)32-20-21-5-4-15-31-19-21/h3-13,15,17-19H,14,16,20H2,1-2H3,(H2,32,33,35). The summed E-state index contributed by atoms with van der Waals surface area (Å²) < 4.78 is 20.0. The Morgan fingerprint density at radius 3 is 2.58 bits per heavy atom. The number of pyridine rings is 1. The number of nitrogens with one attached hydrogen (secondary N) is 2. The lowest BCUT2D eigenvalue weighted by Crippen LogP contribution is -2.28. The van der Waals surface area contributed by atoms with Crippen molar-refractivity contribution in [2.24, 2.45) is 0 Å². The topological polar surface area (TPSA) is 66.5 Å². The van der Waals surface area contributed by atoms with Gasteiger partial charge >= 0.3 is 6.03 Å². The molecule has 0 unspecified atom stereocenters. The molecule has 1 aromatic heterocycles. The number of halogens is 1. The van der Waals surface area contributed by atoms with E-state index in [1.165, 1.54) is 6.07 Å². The predicted octanol–water partition coefficient (Wildman–Crippen LogP) is 5.90. The van der Waals surface area contributed by atoms with Crippen LogP contribution in [0.25, 0.3) is 11.1 Å². The number of aromatic nitrogens is 1. The van der Waals surface area contributed by atoms with Crippen molar-refractivity contribution >= 4 is 17.4 Å². The fourth-order valence-electron chi connectivity index (χ4n) is 3.76. The van der Waals surface area contributed by atoms with E-state index in [1.54, 1.807) is 30.6 Å². The van der Waals surface area contributed by atoms with Gasteiger partial charge in [-0.15, -0.1) is 0 Å². The Morgan fingerprint density at radius 2 is 1.83 bits per heavy atom. The van der Waals surface area contributed by atoms with E-state index in [2.05, 4.69) is 21.7 Å². The van der Waals surface area contributed by atoms with Gasteiger partial charge in [0, 0.05) is 50.8 Å². The number of hydrogen-bond donors (Lipinski definition) is 2. The first-order valence-corrected chi connectivity index (χ1v) is 11.7. The van der Waals surface area contributed by atoms with Crippen molar-refractivity contribution in [3.05, 3.63) is 108 Å². The molecule has 3 aromatic carbocycles. The van der Waals surface area contributed by atoms with Gasteiger partial charge in [0.15, 0.2) is 0 Å². The third kappa shape index (κ3) is 6.82. The van der Waals surface area contributed by atoms with Crippen molar-refractivity contribution in [2.75, 3.05) is 30.9 Å². The van der Waals surface area contributed by atoms with Crippen LogP contribution in [0.5, 0.6) is 5.75 Å². The minimum atomic E-state index is -0.297. The van der Waals surface area contributed by atoms with E-state index in [1.807, 2.05) is 67.5 Å². The lowest BCUT2D eigenvalue weighted by Gasteiger charge is -2.16. The maximum atomic E-state index is 14.1. The smallest absolute Gasteiger partial charge is 0.319 e. The van der Waals surface area contributed by atoms with Gasteiger partial charge in [-0.2, -0.15) is 0 Å². The molecular weight excluding hydrogens is 455 g/mol. The molecule has 0 saturated carbocycles. The first kappa shape index (κ1) is 24.7. The Kier molecular flexibility index (Phi) is 8.13. The Hall–Kier alpha value is -4.39. The van der Waals surface area contributed by atoms with Crippen LogP contribution in [0.2, 0.25) is 0 Å². The molecule has 2 amide bonds. The van der Waals surface area contributed by atoms with Crippen molar-refractivity contribution in [1.82, 2.24) is 10.3 Å². The van der Waals surface area contributed by atoms with Crippen LogP contribution in [-0.4, -0.2) is 31.7 Å². The summed E-state index contributed by atoms with van der Waals surface area (Å²) in [5.41, 5.74) is 5.47. The minimum Gasteiger partial charge on any atom is -0.493 e. The highest BCUT2D eigenvalue weighted by molar-refractivity contribution is 5.89. The normalized spacial score (nSPS) is 10.5. The zero-order valence-corrected chi connectivity index (χ0v) is 20.4. The van der Waals surface area contributed by atoms with Gasteiger partial charge in [-0.25, -0.2) is 9.18 Å². The molecule has 0 aliphatic carbocycles. The number of hydrogen-bond acceptors (Lipinski definition) is 4. The van der Waals surface area contributed by atoms with Crippen LogP contribution < -0.4 is 20.3 Å². The SMILES string of the molecule is CN(C)c1cccc(-c2cc(F)ccc2CCOc2ccc(NC(=O)NCc3cccnc3)cc2)c1. The highest BCUT2D eigenvalue weighted by atomic mass is 19.1. The molecular formula is C29H29FN4O2. The Labute approximate surface area is 210 Å². The molecule has 2 N–H and O–H groups in total. The summed E-state index contributed by atoms with van der Waals surface area (Å²) in [6, 6.07) is 23.5. The second kappa shape index (κ2) is 11.8. The number of ether oxygens (including phenoxy) is 1. The quantitative estimate of drug-likeness (QED) is 0.311. The van der Waals surface area contributed by atoms with Gasteiger partial charge in [0.25, 0.3) is 0 Å². The molecule has 0 radical (unpaired) electrons. The van der Waals surface area contributed by atoms with E-state index in [0.717, 1.165) is 27.9 Å². The van der Waals surface area contributed by atoms with E-state index in [9.17, 15) is 9.18 Å². The summed E-state index contributed by atoms with van der Waals surface area (Å²) in [6.07, 6.45) is 4.02. The molecule has 4 aromatic rings. The average molecular weight is 485 g/mol. The van der Waals surface area contributed by atoms with Crippen molar-refractivity contribution in [3.8, 4) is 16.9 Å². The minimum absolute atomic E-state index is 0.266. The van der Waals surface area contributed by atoms with E-state index < -0.39 is 0 Å². The van der Waals surface area contributed by atoms with Gasteiger partial charge in [-0.05, 0) is 76.9 Å². The van der Waals surface area contributed by atoms with Crippen molar-refractivity contribution < 1.29 is 13.9 Å². The van der Waals surface area contributed by atoms with Gasteiger partial charge < -0.3 is 20.3 Å². The lowest BCUT2D eigenvalue weighted by atomic mass is 9.97. The Morgan fingerprint density at radius 1 is 1.00 bits per heavy atom. The molecule has 6 nitrogen and oxygen atoms in total. The van der Waals surface area contributed by atoms with Crippen LogP contribution in [0.1, 0.15) is 11.1 Å². The first-order valence-electron chi connectivity index (χ1n) is 11.7. The van der Waals surface area contributed by atoms with E-state index >= 15 is 0 Å². The van der Waals surface area contributed by atoms with E-state index in [0.29, 0.717) is 31.0 Å². The maximum absolute atomic E-state index is 14.1. The molecule has 36 heavy (non-hydrogen) atoms. The zero-order chi connectivity index (χ0) is 25.3. The van der Waals surface area contributed by atoms with Crippen molar-refractivity contribution in [3.63, 3.8) is 0 Å². The summed E-state index contributed by atoms with van der Waals surface area (Å²) in [4.78, 5) is 18.2. The molecule has 0 spiro atoms. The molecule has 0 bridgehead atoms. The number of carbonyl (C=O) groups excluding carboxylic acids is 1. The van der Waals surface area contributed by atoms with Gasteiger partial charge in [-0.1, -0.05) is 24.3 Å². The second-order valence-corrected chi connectivity index (χ2v) is 8.54. The largest absolute Gasteiger partial charge is 0.493 e. The summed E-state index contributed by atoms with van der Waals surface area (Å²) in [7, 11) is 3.96. The maximum Gasteiger partial charge on any atom is 0.319 e. The summed E-state index contributed by atoms with van der Waals surface area (Å²) in [5, 5.41) is 5.60. The predicted molar refractivity (Wildman–Crippen MR) is 142 cm³/mol. The molecule has 0 saturated heterocycles. The molecule has 0 aliphatic heterocycles. The number of amides is 2. The van der Waals surface area contributed by atoms with Gasteiger partial charge in [0.2, 0.25) is 0 Å². The van der Waals surface area contributed by atoms with Gasteiger partial charge in [0.1, 0.15) is 11.6 Å². The summed E-state index contributed by atoms with van der Waals surface area (Å²) in [5.74, 6) is 0.423. The molecule has 4 rings (SSSR count). The fourth-order valence-corrected chi connectivity index (χ4v) is 3.76. The molecule has 0 aliphatic rings. The molecule has 7 heteroatoms. The monoisotopic (exact) mass is 484 g/mol. The van der Waals surface area contributed by atoms with Crippen LogP contribution in [0.15, 0.2) is 91.3 Å². The molecule has 1 heterocycles. The first-order chi connectivity index (χ1) is 17.5. The Bertz CT molecular complexity index is 1290. The van der Waals surface area contributed by atoms with Crippen molar-refractivity contribution in [1.29, 1.82) is 0 Å². The number of benzene rings is 3. The second-order valence-electron chi connectivity index (χ2n) is 8.54. The number of carbonyl (C=O) groups is 1. The number of rotatable bonds is 9. The summed E-state index contributed by atoms with van der Waals surface area (Å²) in [6.45, 7) is 0.829. The van der Waals surface area contributed by atoms with Gasteiger partial charge in [-0.3, -0.25) is 4.98 Å². The third-order valence-corrected chi connectivity index (χ3v) is 5.67. The van der Waals surface area contributed by atoms with Crippen LogP contribution in [0.4, 0.5) is 20.6 Å². The van der Waals surface area contributed by atoms with Crippen molar-refractivity contribution in [2.45, 2.75) is 13.0 Å². The Balaban J connectivity index is 1.32. The zero-order valence-electron chi connectivity index (χ0n) is 20.4. The highest BCUT2D eigenvalue weighted by Gasteiger charge is 2.09. The molecule has 0 fully saturated rings. The number of urea groups is 1. The third-order valence-electron chi connectivity index (χ3n) is 5.67. The molecule has 184 valence electrons. The van der Waals surface area contributed by atoms with Crippen LogP contribution in [0.3, 0.4) is 0 Å². The summed E-state index contributed by atoms with van der Waals surface area (Å²) >= 11 is 0. The number of nitrogens with zero attached hydrogens (tertiary/aromatic N) is 2. The highest BCUT2D eigenvalue weighted by Crippen LogP contribution is 2.28. The van der Waals surface area contributed by atoms with E-state index in [-0.39, 0.29) is 11.8 Å². The van der Waals surface area contributed by atoms with E-state index in [4.69, 9.17) is 4.74 Å². The number of anilines is 2.